The van der Waals surface area contributed by atoms with E-state index in [1.54, 1.807) is 0 Å². The molecule has 10 N–H and O–H groups in total. The Morgan fingerprint density at radius 2 is 1.47 bits per heavy atom. The summed E-state index contributed by atoms with van der Waals surface area (Å²) in [6.07, 6.45) is -1.83. The molecule has 0 saturated carbocycles. The fourth-order valence-corrected chi connectivity index (χ4v) is 0.234. The molecule has 90 valence electrons. The van der Waals surface area contributed by atoms with Crippen molar-refractivity contribution in [1.82, 2.24) is 0 Å². The first kappa shape index (κ1) is 19.0. The number of thiol groups is 1. The molecule has 0 rings (SSSR count). The van der Waals surface area contributed by atoms with Crippen molar-refractivity contribution in [3.63, 3.8) is 0 Å². The van der Waals surface area contributed by atoms with Crippen molar-refractivity contribution in [2.45, 2.75) is 6.04 Å². The first-order valence-corrected chi connectivity index (χ1v) is 3.89. The molecular formula is C5H14N4O5S. The number of guanidine groups is 1. The van der Waals surface area contributed by atoms with Crippen LogP contribution in [0, 0.1) is 5.41 Å². The average molecular weight is 242 g/mol. The summed E-state index contributed by atoms with van der Waals surface area (Å²) in [4.78, 5) is 18.3. The summed E-state index contributed by atoms with van der Waals surface area (Å²) in [7, 11) is 0. The van der Waals surface area contributed by atoms with Gasteiger partial charge in [-0.1, -0.05) is 0 Å². The highest BCUT2D eigenvalue weighted by Crippen LogP contribution is 1.80. The SMILES string of the molecule is N=C(N)N.N[C@@H](CS)C(=O)O.O=C(O)O. The van der Waals surface area contributed by atoms with Crippen LogP contribution in [0.1, 0.15) is 0 Å². The minimum absolute atomic E-state index is 0.190. The topological polar surface area (TPSA) is 197 Å². The quantitative estimate of drug-likeness (QED) is 0.160. The molecule has 15 heavy (non-hydrogen) atoms. The average Bonchev–Trinajstić information content (AvgIpc) is 2.00. The standard InChI is InChI=1S/C3H7NO2S.CH5N3.CH2O3/c4-2(1-7)3(5)6;2*2-1(3)4/h2,7H,1,4H2,(H,5,6);(H5,2,3,4);(H2,2,3,4)/t2-;;/m0../s1. The molecule has 0 amide bonds. The van der Waals surface area contributed by atoms with Gasteiger partial charge in [-0.15, -0.1) is 0 Å². The number of carbonyl (C=O) groups is 2. The summed E-state index contributed by atoms with van der Waals surface area (Å²) in [5, 5.41) is 28.0. The highest BCUT2D eigenvalue weighted by Gasteiger charge is 2.06. The van der Waals surface area contributed by atoms with Crippen LogP contribution in [0.2, 0.25) is 0 Å². The lowest BCUT2D eigenvalue weighted by atomic mass is 10.4. The van der Waals surface area contributed by atoms with E-state index in [0.717, 1.165) is 0 Å². The lowest BCUT2D eigenvalue weighted by Crippen LogP contribution is -2.31. The van der Waals surface area contributed by atoms with Gasteiger partial charge in [0.2, 0.25) is 0 Å². The number of carboxylic acid groups (broad SMARTS) is 3. The van der Waals surface area contributed by atoms with Gasteiger partial charge >= 0.3 is 12.1 Å². The van der Waals surface area contributed by atoms with E-state index < -0.39 is 18.2 Å². The first-order chi connectivity index (χ1) is 6.64. The summed E-state index contributed by atoms with van der Waals surface area (Å²) in [6, 6.07) is -0.816. The van der Waals surface area contributed by atoms with E-state index in [1.165, 1.54) is 0 Å². The van der Waals surface area contributed by atoms with Crippen LogP contribution in [-0.4, -0.2) is 45.2 Å². The number of rotatable bonds is 2. The lowest BCUT2D eigenvalue weighted by Gasteiger charge is -1.96. The van der Waals surface area contributed by atoms with Crippen molar-refractivity contribution in [2.75, 3.05) is 5.75 Å². The monoisotopic (exact) mass is 242 g/mol. The molecule has 0 radical (unpaired) electrons. The van der Waals surface area contributed by atoms with Gasteiger partial charge in [-0.2, -0.15) is 12.6 Å². The van der Waals surface area contributed by atoms with Crippen LogP contribution < -0.4 is 17.2 Å². The number of nitrogens with one attached hydrogen (secondary N) is 1. The molecule has 0 bridgehead atoms. The van der Waals surface area contributed by atoms with Crippen molar-refractivity contribution in [2.24, 2.45) is 17.2 Å². The van der Waals surface area contributed by atoms with Gasteiger partial charge < -0.3 is 32.5 Å². The Morgan fingerprint density at radius 1 is 1.27 bits per heavy atom. The van der Waals surface area contributed by atoms with Crippen molar-refractivity contribution < 1.29 is 24.9 Å². The van der Waals surface area contributed by atoms with Crippen LogP contribution in [0.3, 0.4) is 0 Å². The van der Waals surface area contributed by atoms with Crippen LogP contribution in [0.5, 0.6) is 0 Å². The van der Waals surface area contributed by atoms with Gasteiger partial charge in [0.25, 0.3) is 0 Å². The zero-order valence-corrected chi connectivity index (χ0v) is 8.52. The van der Waals surface area contributed by atoms with E-state index in [0.29, 0.717) is 0 Å². The lowest BCUT2D eigenvalue weighted by molar-refractivity contribution is -0.137. The highest BCUT2D eigenvalue weighted by atomic mass is 32.1. The van der Waals surface area contributed by atoms with Crippen molar-refractivity contribution in [3.05, 3.63) is 0 Å². The third-order valence-electron chi connectivity index (χ3n) is 0.514. The van der Waals surface area contributed by atoms with Crippen LogP contribution in [0.15, 0.2) is 0 Å². The maximum atomic E-state index is 9.76. The molecule has 0 aromatic rings. The Bertz CT molecular complexity index is 192. The molecule has 0 unspecified atom stereocenters. The summed E-state index contributed by atoms with van der Waals surface area (Å²) < 4.78 is 0. The molecule has 0 aliphatic heterocycles. The van der Waals surface area contributed by atoms with Crippen LogP contribution in [-0.2, 0) is 4.79 Å². The Balaban J connectivity index is -0.000000155. The first-order valence-electron chi connectivity index (χ1n) is 3.25. The number of carboxylic acids is 1. The molecule has 0 spiro atoms. The molecule has 0 aromatic carbocycles. The third kappa shape index (κ3) is 70.3. The van der Waals surface area contributed by atoms with Gasteiger partial charge in [0.05, 0.1) is 0 Å². The Labute approximate surface area is 90.8 Å². The number of aliphatic carboxylic acids is 1. The molecule has 0 aliphatic rings. The molecule has 0 aliphatic carbocycles. The number of nitrogens with two attached hydrogens (primary N) is 3. The van der Waals surface area contributed by atoms with Gasteiger partial charge in [-0.3, -0.25) is 10.2 Å². The van der Waals surface area contributed by atoms with Crippen LogP contribution >= 0.6 is 12.6 Å². The Kier molecular flexibility index (Phi) is 15.6. The minimum Gasteiger partial charge on any atom is -0.480 e. The third-order valence-corrected chi connectivity index (χ3v) is 0.907. The van der Waals surface area contributed by atoms with Crippen LogP contribution in [0.4, 0.5) is 4.79 Å². The fourth-order valence-electron chi connectivity index (χ4n) is 0.0781. The number of hydrogen-bond donors (Lipinski definition) is 8. The predicted molar refractivity (Wildman–Crippen MR) is 56.2 cm³/mol. The Morgan fingerprint density at radius 3 is 1.47 bits per heavy atom. The zero-order valence-electron chi connectivity index (χ0n) is 7.62. The van der Waals surface area contributed by atoms with Gasteiger partial charge in [0.15, 0.2) is 5.96 Å². The van der Waals surface area contributed by atoms with E-state index in [9.17, 15) is 4.79 Å². The Hall–Kier alpha value is -1.68. The van der Waals surface area contributed by atoms with Gasteiger partial charge in [0, 0.05) is 5.75 Å². The van der Waals surface area contributed by atoms with Crippen molar-refractivity contribution >= 4 is 30.7 Å². The summed E-state index contributed by atoms with van der Waals surface area (Å²) in [5.74, 6) is -1.15. The van der Waals surface area contributed by atoms with Gasteiger partial charge in [-0.05, 0) is 0 Å². The van der Waals surface area contributed by atoms with E-state index in [1.807, 2.05) is 0 Å². The van der Waals surface area contributed by atoms with E-state index >= 15 is 0 Å². The fraction of sp³-hybridized carbons (Fsp3) is 0.400. The maximum Gasteiger partial charge on any atom is 0.503 e. The van der Waals surface area contributed by atoms with E-state index in [4.69, 9.17) is 31.3 Å². The molecule has 1 atom stereocenters. The van der Waals surface area contributed by atoms with Gasteiger partial charge in [0.1, 0.15) is 6.04 Å². The number of hydrogen-bond acceptors (Lipinski definition) is 5. The summed E-state index contributed by atoms with van der Waals surface area (Å²) in [5.41, 5.74) is 13.9. The van der Waals surface area contributed by atoms with Crippen molar-refractivity contribution in [3.8, 4) is 0 Å². The summed E-state index contributed by atoms with van der Waals surface area (Å²) >= 11 is 3.65. The molecule has 0 fully saturated rings. The predicted octanol–water partition coefficient (Wildman–Crippen LogP) is -1.61. The molecule has 0 heterocycles. The largest absolute Gasteiger partial charge is 0.503 e. The van der Waals surface area contributed by atoms with Crippen molar-refractivity contribution in [1.29, 1.82) is 5.41 Å². The molecule has 0 saturated heterocycles. The molecule has 9 nitrogen and oxygen atoms in total. The second kappa shape index (κ2) is 12.3. The second-order valence-electron chi connectivity index (χ2n) is 1.87. The highest BCUT2D eigenvalue weighted by molar-refractivity contribution is 7.80. The van der Waals surface area contributed by atoms with Crippen LogP contribution in [0.25, 0.3) is 0 Å². The van der Waals surface area contributed by atoms with E-state index in [-0.39, 0.29) is 11.7 Å². The normalized spacial score (nSPS) is 9.47. The zero-order chi connectivity index (χ0) is 13.0. The molecule has 0 aromatic heterocycles. The smallest absolute Gasteiger partial charge is 0.480 e. The molecular weight excluding hydrogens is 228 g/mol. The minimum atomic E-state index is -1.83. The maximum absolute atomic E-state index is 9.76. The molecule has 10 heteroatoms. The van der Waals surface area contributed by atoms with Gasteiger partial charge in [-0.25, -0.2) is 4.79 Å². The summed E-state index contributed by atoms with van der Waals surface area (Å²) in [6.45, 7) is 0. The second-order valence-corrected chi connectivity index (χ2v) is 2.23. The van der Waals surface area contributed by atoms with E-state index in [2.05, 4.69) is 24.1 Å².